The van der Waals surface area contributed by atoms with E-state index in [9.17, 15) is 4.79 Å². The van der Waals surface area contributed by atoms with Crippen molar-refractivity contribution in [1.82, 2.24) is 5.32 Å². The molecule has 1 aromatic carbocycles. The van der Waals surface area contributed by atoms with E-state index in [1.165, 1.54) is 0 Å². The quantitative estimate of drug-likeness (QED) is 0.847. The van der Waals surface area contributed by atoms with Crippen LogP contribution in [0.25, 0.3) is 0 Å². The van der Waals surface area contributed by atoms with E-state index in [-0.39, 0.29) is 18.4 Å². The van der Waals surface area contributed by atoms with Gasteiger partial charge in [0.2, 0.25) is 0 Å². The molecule has 0 fully saturated rings. The summed E-state index contributed by atoms with van der Waals surface area (Å²) in [6.45, 7) is 4.28. The van der Waals surface area contributed by atoms with Crippen LogP contribution in [0, 0.1) is 12.8 Å². The largest absolute Gasteiger partial charge is 0.396 e. The van der Waals surface area contributed by atoms with Crippen molar-refractivity contribution in [2.45, 2.75) is 13.8 Å². The van der Waals surface area contributed by atoms with Crippen LogP contribution in [0.5, 0.6) is 0 Å². The van der Waals surface area contributed by atoms with E-state index in [4.69, 9.17) is 16.7 Å². The Kier molecular flexibility index (Phi) is 4.77. The van der Waals surface area contributed by atoms with Crippen LogP contribution in [0.1, 0.15) is 22.8 Å². The number of rotatable bonds is 4. The highest BCUT2D eigenvalue weighted by Crippen LogP contribution is 2.17. The number of benzene rings is 1. The summed E-state index contributed by atoms with van der Waals surface area (Å²) in [5, 5.41) is 12.0. The highest BCUT2D eigenvalue weighted by molar-refractivity contribution is 6.33. The van der Waals surface area contributed by atoms with E-state index in [0.29, 0.717) is 17.1 Å². The molecule has 0 aliphatic carbocycles. The summed E-state index contributed by atoms with van der Waals surface area (Å²) in [7, 11) is 0. The van der Waals surface area contributed by atoms with Gasteiger partial charge in [0, 0.05) is 13.2 Å². The van der Waals surface area contributed by atoms with Crippen molar-refractivity contribution in [3.05, 3.63) is 34.3 Å². The summed E-state index contributed by atoms with van der Waals surface area (Å²) in [5.41, 5.74) is 1.49. The number of halogens is 1. The molecule has 2 N–H and O–H groups in total. The van der Waals surface area contributed by atoms with Gasteiger partial charge < -0.3 is 10.4 Å². The Morgan fingerprint density at radius 1 is 1.56 bits per heavy atom. The monoisotopic (exact) mass is 241 g/mol. The van der Waals surface area contributed by atoms with Gasteiger partial charge in [0.1, 0.15) is 0 Å². The lowest BCUT2D eigenvalue weighted by Crippen LogP contribution is -2.29. The summed E-state index contributed by atoms with van der Waals surface area (Å²) in [6.07, 6.45) is 0. The zero-order chi connectivity index (χ0) is 12.1. The molecular weight excluding hydrogens is 226 g/mol. The summed E-state index contributed by atoms with van der Waals surface area (Å²) < 4.78 is 0. The third-order valence-electron chi connectivity index (χ3n) is 2.29. The standard InChI is InChI=1S/C12H16ClNO2/c1-8-3-4-10(11(13)5-8)12(16)14-6-9(2)7-15/h3-5,9,15H,6-7H2,1-2H3,(H,14,16). The number of hydrogen-bond donors (Lipinski definition) is 2. The van der Waals surface area contributed by atoms with Crippen molar-refractivity contribution in [3.63, 3.8) is 0 Å². The highest BCUT2D eigenvalue weighted by atomic mass is 35.5. The first-order valence-electron chi connectivity index (χ1n) is 5.19. The van der Waals surface area contributed by atoms with Crippen LogP contribution >= 0.6 is 11.6 Å². The number of aryl methyl sites for hydroxylation is 1. The maximum absolute atomic E-state index is 11.7. The molecule has 1 unspecified atom stereocenters. The van der Waals surface area contributed by atoms with Crippen molar-refractivity contribution in [2.24, 2.45) is 5.92 Å². The van der Waals surface area contributed by atoms with Crippen LogP contribution in [0.15, 0.2) is 18.2 Å². The SMILES string of the molecule is Cc1ccc(C(=O)NCC(C)CO)c(Cl)c1. The predicted molar refractivity (Wildman–Crippen MR) is 64.8 cm³/mol. The molecule has 0 bridgehead atoms. The van der Waals surface area contributed by atoms with E-state index in [2.05, 4.69) is 5.32 Å². The van der Waals surface area contributed by atoms with Crippen molar-refractivity contribution in [3.8, 4) is 0 Å². The molecule has 4 heteroatoms. The van der Waals surface area contributed by atoms with E-state index in [0.717, 1.165) is 5.56 Å². The second-order valence-corrected chi connectivity index (χ2v) is 4.39. The Bertz CT molecular complexity index is 379. The van der Waals surface area contributed by atoms with E-state index < -0.39 is 0 Å². The predicted octanol–water partition coefficient (Wildman–Crippen LogP) is 2.01. The minimum atomic E-state index is -0.203. The number of carbonyl (C=O) groups excluding carboxylic acids is 1. The first-order chi connectivity index (χ1) is 7.54. The van der Waals surface area contributed by atoms with Crippen molar-refractivity contribution >= 4 is 17.5 Å². The summed E-state index contributed by atoms with van der Waals surface area (Å²) in [6, 6.07) is 5.30. The van der Waals surface area contributed by atoms with Crippen molar-refractivity contribution in [1.29, 1.82) is 0 Å². The number of amides is 1. The van der Waals surface area contributed by atoms with Crippen LogP contribution in [-0.2, 0) is 0 Å². The number of aliphatic hydroxyl groups excluding tert-OH is 1. The van der Waals surface area contributed by atoms with Gasteiger partial charge in [-0.1, -0.05) is 24.6 Å². The maximum atomic E-state index is 11.7. The van der Waals surface area contributed by atoms with E-state index in [1.54, 1.807) is 12.1 Å². The second-order valence-electron chi connectivity index (χ2n) is 3.98. The van der Waals surface area contributed by atoms with Crippen molar-refractivity contribution < 1.29 is 9.90 Å². The van der Waals surface area contributed by atoms with Gasteiger partial charge in [0.05, 0.1) is 10.6 Å². The Balaban J connectivity index is 2.66. The number of aliphatic hydroxyl groups is 1. The Morgan fingerprint density at radius 2 is 2.25 bits per heavy atom. The molecule has 16 heavy (non-hydrogen) atoms. The van der Waals surface area contributed by atoms with Gasteiger partial charge in [-0.2, -0.15) is 0 Å². The van der Waals surface area contributed by atoms with Crippen LogP contribution in [0.2, 0.25) is 5.02 Å². The smallest absolute Gasteiger partial charge is 0.252 e. The average Bonchev–Trinajstić information content (AvgIpc) is 2.25. The first kappa shape index (κ1) is 13.0. The molecule has 0 heterocycles. The van der Waals surface area contributed by atoms with Gasteiger partial charge in [-0.05, 0) is 30.5 Å². The molecule has 1 rings (SSSR count). The average molecular weight is 242 g/mol. The third-order valence-corrected chi connectivity index (χ3v) is 2.60. The van der Waals surface area contributed by atoms with E-state index in [1.807, 2.05) is 19.9 Å². The van der Waals surface area contributed by atoms with Crippen molar-refractivity contribution in [2.75, 3.05) is 13.2 Å². The minimum Gasteiger partial charge on any atom is -0.396 e. The van der Waals surface area contributed by atoms with Gasteiger partial charge in [-0.15, -0.1) is 0 Å². The number of nitrogens with one attached hydrogen (secondary N) is 1. The van der Waals surface area contributed by atoms with Gasteiger partial charge >= 0.3 is 0 Å². The van der Waals surface area contributed by atoms with Crippen LogP contribution < -0.4 is 5.32 Å². The van der Waals surface area contributed by atoms with Gasteiger partial charge in [-0.3, -0.25) is 4.79 Å². The highest BCUT2D eigenvalue weighted by Gasteiger charge is 2.10. The molecule has 0 aromatic heterocycles. The minimum absolute atomic E-state index is 0.0492. The lowest BCUT2D eigenvalue weighted by Gasteiger charge is -2.10. The molecule has 0 spiro atoms. The summed E-state index contributed by atoms with van der Waals surface area (Å²) in [5.74, 6) is -0.154. The Hall–Kier alpha value is -1.06. The molecular formula is C12H16ClNO2. The van der Waals surface area contributed by atoms with Gasteiger partial charge in [0.15, 0.2) is 0 Å². The second kappa shape index (κ2) is 5.87. The molecule has 1 amide bonds. The molecule has 0 radical (unpaired) electrons. The van der Waals surface area contributed by atoms with E-state index >= 15 is 0 Å². The molecule has 0 aliphatic heterocycles. The third kappa shape index (κ3) is 3.51. The number of hydrogen-bond acceptors (Lipinski definition) is 2. The van der Waals surface area contributed by atoms with Crippen LogP contribution in [0.4, 0.5) is 0 Å². The van der Waals surface area contributed by atoms with Crippen LogP contribution in [-0.4, -0.2) is 24.2 Å². The normalized spacial score (nSPS) is 12.2. The molecule has 0 aliphatic rings. The first-order valence-corrected chi connectivity index (χ1v) is 5.57. The lowest BCUT2D eigenvalue weighted by molar-refractivity contribution is 0.0942. The fraction of sp³-hybridized carbons (Fsp3) is 0.417. The molecule has 1 aromatic rings. The molecule has 0 saturated carbocycles. The molecule has 1 atom stereocenters. The van der Waals surface area contributed by atoms with Gasteiger partial charge in [0.25, 0.3) is 5.91 Å². The van der Waals surface area contributed by atoms with Gasteiger partial charge in [-0.25, -0.2) is 0 Å². The zero-order valence-electron chi connectivity index (χ0n) is 9.46. The molecule has 3 nitrogen and oxygen atoms in total. The lowest BCUT2D eigenvalue weighted by atomic mass is 10.1. The fourth-order valence-electron chi connectivity index (χ4n) is 1.23. The maximum Gasteiger partial charge on any atom is 0.252 e. The number of carbonyl (C=O) groups is 1. The Labute approximate surface area is 100 Å². The topological polar surface area (TPSA) is 49.3 Å². The zero-order valence-corrected chi connectivity index (χ0v) is 10.2. The summed E-state index contributed by atoms with van der Waals surface area (Å²) >= 11 is 5.96. The molecule has 88 valence electrons. The fourth-order valence-corrected chi connectivity index (χ4v) is 1.55. The molecule has 0 saturated heterocycles. The summed E-state index contributed by atoms with van der Waals surface area (Å²) in [4.78, 5) is 11.7. The Morgan fingerprint density at radius 3 is 2.81 bits per heavy atom. The van der Waals surface area contributed by atoms with Crippen LogP contribution in [0.3, 0.4) is 0 Å².